The first-order chi connectivity index (χ1) is 8.04. The number of nitrogen functional groups attached to an aromatic ring is 2. The largest absolute Gasteiger partial charge is 0.439 e. The molecule has 5 heteroatoms. The van der Waals surface area contributed by atoms with Crippen LogP contribution in [0.4, 0.5) is 11.8 Å². The number of rotatable bonds is 2. The predicted octanol–water partition coefficient (Wildman–Crippen LogP) is 2.05. The van der Waals surface area contributed by atoms with E-state index in [1.807, 2.05) is 32.0 Å². The van der Waals surface area contributed by atoms with Gasteiger partial charge in [-0.2, -0.15) is 9.97 Å². The second kappa shape index (κ2) is 4.29. The van der Waals surface area contributed by atoms with E-state index < -0.39 is 0 Å². The Bertz CT molecular complexity index is 534. The van der Waals surface area contributed by atoms with Crippen molar-refractivity contribution in [2.75, 3.05) is 11.5 Å². The average molecular weight is 230 g/mol. The van der Waals surface area contributed by atoms with Crippen LogP contribution in [0.3, 0.4) is 0 Å². The molecule has 0 atom stereocenters. The molecule has 0 amide bonds. The van der Waals surface area contributed by atoms with Crippen molar-refractivity contribution < 1.29 is 4.74 Å². The minimum atomic E-state index is 0.102. The van der Waals surface area contributed by atoms with Gasteiger partial charge in [-0.1, -0.05) is 17.7 Å². The molecule has 4 N–H and O–H groups in total. The quantitative estimate of drug-likeness (QED) is 0.824. The highest BCUT2D eigenvalue weighted by Crippen LogP contribution is 2.25. The summed E-state index contributed by atoms with van der Waals surface area (Å²) >= 11 is 0. The average Bonchev–Trinajstić information content (AvgIpc) is 2.21. The van der Waals surface area contributed by atoms with E-state index in [2.05, 4.69) is 9.97 Å². The molecule has 88 valence electrons. The van der Waals surface area contributed by atoms with Crippen LogP contribution < -0.4 is 16.2 Å². The van der Waals surface area contributed by atoms with Gasteiger partial charge in [-0.05, 0) is 25.5 Å². The second-order valence-corrected chi connectivity index (χ2v) is 3.86. The fourth-order valence-corrected chi connectivity index (χ4v) is 1.54. The summed E-state index contributed by atoms with van der Waals surface area (Å²) in [7, 11) is 0. The van der Waals surface area contributed by atoms with Gasteiger partial charge in [-0.25, -0.2) is 0 Å². The number of aryl methyl sites for hydroxylation is 2. The minimum Gasteiger partial charge on any atom is -0.439 e. The van der Waals surface area contributed by atoms with Crippen LogP contribution in [0.5, 0.6) is 11.6 Å². The summed E-state index contributed by atoms with van der Waals surface area (Å²) < 4.78 is 5.61. The molecule has 0 unspecified atom stereocenters. The number of ether oxygens (including phenoxy) is 1. The van der Waals surface area contributed by atoms with Crippen LogP contribution in [0.1, 0.15) is 11.1 Å². The Hall–Kier alpha value is -2.30. The molecule has 1 heterocycles. The van der Waals surface area contributed by atoms with Crippen molar-refractivity contribution in [2.24, 2.45) is 0 Å². The Labute approximate surface area is 99.5 Å². The Kier molecular flexibility index (Phi) is 2.82. The molecule has 5 nitrogen and oxygen atoms in total. The van der Waals surface area contributed by atoms with E-state index >= 15 is 0 Å². The van der Waals surface area contributed by atoms with Crippen LogP contribution in [-0.2, 0) is 0 Å². The van der Waals surface area contributed by atoms with Gasteiger partial charge in [-0.15, -0.1) is 0 Å². The molecule has 0 bridgehead atoms. The van der Waals surface area contributed by atoms with Gasteiger partial charge in [0.2, 0.25) is 11.8 Å². The molecule has 0 aliphatic carbocycles. The summed E-state index contributed by atoms with van der Waals surface area (Å²) in [4.78, 5) is 7.73. The van der Waals surface area contributed by atoms with Gasteiger partial charge in [0.1, 0.15) is 11.6 Å². The molecule has 0 fully saturated rings. The first-order valence-corrected chi connectivity index (χ1v) is 5.20. The van der Waals surface area contributed by atoms with Crippen LogP contribution in [-0.4, -0.2) is 9.97 Å². The van der Waals surface area contributed by atoms with E-state index in [0.717, 1.165) is 11.3 Å². The lowest BCUT2D eigenvalue weighted by molar-refractivity contribution is 0.459. The zero-order valence-corrected chi connectivity index (χ0v) is 9.77. The number of hydrogen-bond donors (Lipinski definition) is 2. The third-order valence-electron chi connectivity index (χ3n) is 2.28. The van der Waals surface area contributed by atoms with Crippen molar-refractivity contribution >= 4 is 11.8 Å². The SMILES string of the molecule is Cc1ccc(Oc2cc(N)nc(N)n2)c(C)c1. The summed E-state index contributed by atoms with van der Waals surface area (Å²) in [6, 6.07) is 7.42. The number of nitrogens with two attached hydrogens (primary N) is 2. The van der Waals surface area contributed by atoms with E-state index in [1.165, 1.54) is 11.6 Å². The first-order valence-electron chi connectivity index (χ1n) is 5.20. The molecule has 0 aliphatic rings. The van der Waals surface area contributed by atoms with Crippen molar-refractivity contribution in [3.8, 4) is 11.6 Å². The minimum absolute atomic E-state index is 0.102. The predicted molar refractivity (Wildman–Crippen MR) is 66.8 cm³/mol. The third-order valence-corrected chi connectivity index (χ3v) is 2.28. The summed E-state index contributed by atoms with van der Waals surface area (Å²) in [6.45, 7) is 3.99. The van der Waals surface area contributed by atoms with Crippen LogP contribution in [0.15, 0.2) is 24.3 Å². The van der Waals surface area contributed by atoms with Gasteiger partial charge in [0.05, 0.1) is 0 Å². The lowest BCUT2D eigenvalue weighted by Crippen LogP contribution is -2.01. The Morgan fingerprint density at radius 2 is 1.82 bits per heavy atom. The maximum Gasteiger partial charge on any atom is 0.226 e. The van der Waals surface area contributed by atoms with Crippen LogP contribution >= 0.6 is 0 Å². The van der Waals surface area contributed by atoms with E-state index in [9.17, 15) is 0 Å². The molecule has 2 aromatic rings. The maximum atomic E-state index is 5.61. The van der Waals surface area contributed by atoms with E-state index in [-0.39, 0.29) is 11.8 Å². The lowest BCUT2D eigenvalue weighted by Gasteiger charge is -2.09. The van der Waals surface area contributed by atoms with E-state index in [4.69, 9.17) is 16.2 Å². The summed E-state index contributed by atoms with van der Waals surface area (Å²) in [5.74, 6) is 1.47. The maximum absolute atomic E-state index is 5.61. The molecule has 0 saturated carbocycles. The fraction of sp³-hybridized carbons (Fsp3) is 0.167. The van der Waals surface area contributed by atoms with E-state index in [0.29, 0.717) is 5.88 Å². The number of nitrogens with zero attached hydrogens (tertiary/aromatic N) is 2. The number of aromatic nitrogens is 2. The molecule has 1 aromatic heterocycles. The number of hydrogen-bond acceptors (Lipinski definition) is 5. The topological polar surface area (TPSA) is 87.0 Å². The van der Waals surface area contributed by atoms with Gasteiger partial charge >= 0.3 is 0 Å². The molecule has 0 spiro atoms. The second-order valence-electron chi connectivity index (χ2n) is 3.86. The van der Waals surface area contributed by atoms with Gasteiger partial charge in [-0.3, -0.25) is 0 Å². The third kappa shape index (κ3) is 2.63. The Balaban J connectivity index is 2.31. The zero-order chi connectivity index (χ0) is 12.4. The molecular weight excluding hydrogens is 216 g/mol. The smallest absolute Gasteiger partial charge is 0.226 e. The normalized spacial score (nSPS) is 10.2. The van der Waals surface area contributed by atoms with Crippen LogP contribution in [0.25, 0.3) is 0 Å². The zero-order valence-electron chi connectivity index (χ0n) is 9.77. The van der Waals surface area contributed by atoms with E-state index in [1.54, 1.807) is 0 Å². The fourth-order valence-electron chi connectivity index (χ4n) is 1.54. The van der Waals surface area contributed by atoms with Crippen molar-refractivity contribution in [3.05, 3.63) is 35.4 Å². The Morgan fingerprint density at radius 1 is 1.06 bits per heavy atom. The summed E-state index contributed by atoms with van der Waals surface area (Å²) in [5, 5.41) is 0. The molecular formula is C12H14N4O. The van der Waals surface area contributed by atoms with Crippen LogP contribution in [0, 0.1) is 13.8 Å². The highest BCUT2D eigenvalue weighted by molar-refractivity contribution is 5.42. The van der Waals surface area contributed by atoms with Gasteiger partial charge in [0.25, 0.3) is 0 Å². The number of anilines is 2. The number of benzene rings is 1. The van der Waals surface area contributed by atoms with Crippen molar-refractivity contribution in [1.29, 1.82) is 0 Å². The lowest BCUT2D eigenvalue weighted by atomic mass is 10.1. The highest BCUT2D eigenvalue weighted by atomic mass is 16.5. The summed E-state index contributed by atoms with van der Waals surface area (Å²) in [5.41, 5.74) is 13.3. The van der Waals surface area contributed by atoms with Gasteiger partial charge in [0.15, 0.2) is 0 Å². The van der Waals surface area contributed by atoms with Gasteiger partial charge in [0, 0.05) is 6.07 Å². The van der Waals surface area contributed by atoms with Crippen molar-refractivity contribution in [1.82, 2.24) is 9.97 Å². The molecule has 0 radical (unpaired) electrons. The molecule has 1 aromatic carbocycles. The highest BCUT2D eigenvalue weighted by Gasteiger charge is 2.05. The molecule has 0 aliphatic heterocycles. The summed E-state index contributed by atoms with van der Waals surface area (Å²) in [6.07, 6.45) is 0. The first kappa shape index (κ1) is 11.2. The monoisotopic (exact) mass is 230 g/mol. The molecule has 0 saturated heterocycles. The molecule has 2 rings (SSSR count). The van der Waals surface area contributed by atoms with Crippen molar-refractivity contribution in [2.45, 2.75) is 13.8 Å². The van der Waals surface area contributed by atoms with Crippen molar-refractivity contribution in [3.63, 3.8) is 0 Å². The Morgan fingerprint density at radius 3 is 2.47 bits per heavy atom. The molecule has 17 heavy (non-hydrogen) atoms. The van der Waals surface area contributed by atoms with Crippen LogP contribution in [0.2, 0.25) is 0 Å². The standard InChI is InChI=1S/C12H14N4O/c1-7-3-4-9(8(2)5-7)17-11-6-10(13)15-12(14)16-11/h3-6H,1-2H3,(H4,13,14,15,16). The van der Waals surface area contributed by atoms with Gasteiger partial charge < -0.3 is 16.2 Å².